The van der Waals surface area contributed by atoms with Crippen LogP contribution in [0.5, 0.6) is 5.75 Å². The van der Waals surface area contributed by atoms with Crippen molar-refractivity contribution in [1.29, 1.82) is 0 Å². The summed E-state index contributed by atoms with van der Waals surface area (Å²) in [5, 5.41) is 4.83. The molecule has 0 bridgehead atoms. The van der Waals surface area contributed by atoms with Crippen molar-refractivity contribution >= 4 is 33.0 Å². The fourth-order valence-corrected chi connectivity index (χ4v) is 7.11. The van der Waals surface area contributed by atoms with Crippen molar-refractivity contribution in [3.63, 3.8) is 0 Å². The molecule has 1 saturated heterocycles. The first kappa shape index (κ1) is 21.3. The second-order valence-corrected chi connectivity index (χ2v) is 10.9. The number of sulfonamides is 1. The maximum atomic E-state index is 13.2. The van der Waals surface area contributed by atoms with Gasteiger partial charge in [0.15, 0.2) is 0 Å². The summed E-state index contributed by atoms with van der Waals surface area (Å²) in [5.74, 6) is 0.788. The average molecular weight is 449 g/mol. The highest BCUT2D eigenvalue weighted by Crippen LogP contribution is 2.34. The zero-order valence-electron chi connectivity index (χ0n) is 17.4. The molecule has 1 amide bonds. The van der Waals surface area contributed by atoms with Crippen molar-refractivity contribution < 1.29 is 17.9 Å². The second-order valence-electron chi connectivity index (χ2n) is 8.06. The van der Waals surface area contributed by atoms with Gasteiger partial charge in [-0.3, -0.25) is 4.79 Å². The molecular weight excluding hydrogens is 420 g/mol. The Balaban J connectivity index is 1.61. The zero-order valence-corrected chi connectivity index (χ0v) is 19.1. The lowest BCUT2D eigenvalue weighted by Crippen LogP contribution is -2.28. The molecule has 8 heteroatoms. The van der Waals surface area contributed by atoms with E-state index >= 15 is 0 Å². The number of rotatable bonds is 6. The second kappa shape index (κ2) is 8.69. The van der Waals surface area contributed by atoms with Crippen LogP contribution in [0.15, 0.2) is 28.5 Å². The Labute approximate surface area is 182 Å². The Hall–Kier alpha value is -1.90. The lowest BCUT2D eigenvalue weighted by molar-refractivity contribution is 0.102. The third-order valence-corrected chi connectivity index (χ3v) is 8.80. The van der Waals surface area contributed by atoms with Crippen LogP contribution in [0, 0.1) is 5.92 Å². The molecule has 0 radical (unpaired) electrons. The van der Waals surface area contributed by atoms with Crippen molar-refractivity contribution in [3.05, 3.63) is 39.6 Å². The highest BCUT2D eigenvalue weighted by molar-refractivity contribution is 7.89. The summed E-state index contributed by atoms with van der Waals surface area (Å²) in [5.41, 5.74) is 2.32. The molecule has 2 heterocycles. The van der Waals surface area contributed by atoms with Crippen molar-refractivity contribution in [2.75, 3.05) is 25.0 Å². The number of hydrogen-bond donors (Lipinski definition) is 1. The fourth-order valence-electron chi connectivity index (χ4n) is 4.20. The number of benzene rings is 1. The molecule has 1 aromatic heterocycles. The number of carbonyl (C=O) groups is 1. The predicted molar refractivity (Wildman–Crippen MR) is 119 cm³/mol. The van der Waals surface area contributed by atoms with Gasteiger partial charge < -0.3 is 10.1 Å². The topological polar surface area (TPSA) is 75.7 Å². The van der Waals surface area contributed by atoms with E-state index in [-0.39, 0.29) is 10.8 Å². The van der Waals surface area contributed by atoms with Crippen LogP contribution < -0.4 is 10.1 Å². The van der Waals surface area contributed by atoms with E-state index in [4.69, 9.17) is 4.74 Å². The SMILES string of the molecule is CCOc1ccc(NC(=O)c2csc3c2CCC(C)C3)cc1S(=O)(=O)N1CCCC1. The minimum Gasteiger partial charge on any atom is -0.492 e. The van der Waals surface area contributed by atoms with E-state index in [1.165, 1.54) is 15.2 Å². The van der Waals surface area contributed by atoms with Crippen LogP contribution in [0.2, 0.25) is 0 Å². The lowest BCUT2D eigenvalue weighted by atomic mass is 9.88. The highest BCUT2D eigenvalue weighted by Gasteiger charge is 2.31. The molecule has 30 heavy (non-hydrogen) atoms. The predicted octanol–water partition coefficient (Wildman–Crippen LogP) is 4.31. The molecule has 0 saturated carbocycles. The highest BCUT2D eigenvalue weighted by atomic mass is 32.2. The minimum atomic E-state index is -3.67. The van der Waals surface area contributed by atoms with Crippen molar-refractivity contribution in [2.24, 2.45) is 5.92 Å². The number of hydrogen-bond acceptors (Lipinski definition) is 5. The smallest absolute Gasteiger partial charge is 0.256 e. The molecule has 1 fully saturated rings. The third-order valence-electron chi connectivity index (χ3n) is 5.83. The maximum Gasteiger partial charge on any atom is 0.256 e. The molecule has 162 valence electrons. The Morgan fingerprint density at radius 2 is 2.07 bits per heavy atom. The van der Waals surface area contributed by atoms with Gasteiger partial charge in [-0.25, -0.2) is 8.42 Å². The summed E-state index contributed by atoms with van der Waals surface area (Å²) in [4.78, 5) is 14.4. The number of anilines is 1. The maximum absolute atomic E-state index is 13.2. The van der Waals surface area contributed by atoms with Crippen LogP contribution in [-0.4, -0.2) is 38.3 Å². The van der Waals surface area contributed by atoms with E-state index in [1.54, 1.807) is 23.5 Å². The van der Waals surface area contributed by atoms with Crippen LogP contribution in [0.1, 0.15) is 53.9 Å². The quantitative estimate of drug-likeness (QED) is 0.715. The standard InChI is InChI=1S/C22H28N2O4S2/c1-3-28-19-9-7-16(13-21(19)30(26,27)24-10-4-5-11-24)23-22(25)18-14-29-20-12-15(2)6-8-17(18)20/h7,9,13-15H,3-6,8,10-12H2,1-2H3,(H,23,25). The van der Waals surface area contributed by atoms with Gasteiger partial charge >= 0.3 is 0 Å². The molecular formula is C22H28N2O4S2. The molecule has 4 rings (SSSR count). The van der Waals surface area contributed by atoms with Crippen LogP contribution >= 0.6 is 11.3 Å². The van der Waals surface area contributed by atoms with Gasteiger partial charge in [0, 0.05) is 29.0 Å². The number of thiophene rings is 1. The third kappa shape index (κ3) is 4.13. The van der Waals surface area contributed by atoms with E-state index in [1.807, 2.05) is 12.3 Å². The van der Waals surface area contributed by atoms with Crippen molar-refractivity contribution in [2.45, 2.75) is 50.8 Å². The minimum absolute atomic E-state index is 0.116. The molecule has 1 N–H and O–H groups in total. The Morgan fingerprint density at radius 1 is 1.30 bits per heavy atom. The molecule has 0 spiro atoms. The first-order valence-corrected chi connectivity index (χ1v) is 12.9. The molecule has 1 atom stereocenters. The molecule has 2 aliphatic rings. The van der Waals surface area contributed by atoms with Gasteiger partial charge in [-0.15, -0.1) is 11.3 Å². The van der Waals surface area contributed by atoms with E-state index in [0.717, 1.165) is 37.7 Å². The van der Waals surface area contributed by atoms with Gasteiger partial charge in [-0.1, -0.05) is 6.92 Å². The number of nitrogens with one attached hydrogen (secondary N) is 1. The Kier molecular flexibility index (Phi) is 6.18. The Bertz CT molecular complexity index is 1040. The first-order chi connectivity index (χ1) is 14.4. The molecule has 1 aromatic carbocycles. The van der Waals surface area contributed by atoms with E-state index in [2.05, 4.69) is 12.2 Å². The lowest BCUT2D eigenvalue weighted by Gasteiger charge is -2.20. The van der Waals surface area contributed by atoms with Crippen LogP contribution in [0.3, 0.4) is 0 Å². The van der Waals surface area contributed by atoms with Gasteiger partial charge in [-0.05, 0) is 68.7 Å². The molecule has 6 nitrogen and oxygen atoms in total. The summed E-state index contributed by atoms with van der Waals surface area (Å²) in [6.07, 6.45) is 4.75. The number of fused-ring (bicyclic) bond motifs is 1. The monoisotopic (exact) mass is 448 g/mol. The average Bonchev–Trinajstić information content (AvgIpc) is 3.39. The summed E-state index contributed by atoms with van der Waals surface area (Å²) < 4.78 is 33.4. The number of ether oxygens (including phenoxy) is 1. The van der Waals surface area contributed by atoms with Gasteiger partial charge in [-0.2, -0.15) is 4.31 Å². The van der Waals surface area contributed by atoms with Gasteiger partial charge in [0.25, 0.3) is 5.91 Å². The number of nitrogens with zero attached hydrogens (tertiary/aromatic N) is 1. The molecule has 1 aliphatic heterocycles. The molecule has 1 unspecified atom stereocenters. The van der Waals surface area contributed by atoms with E-state index in [9.17, 15) is 13.2 Å². The normalized spacial score (nSPS) is 19.5. The van der Waals surface area contributed by atoms with Crippen LogP contribution in [-0.2, 0) is 22.9 Å². The molecule has 2 aromatic rings. The molecule has 1 aliphatic carbocycles. The van der Waals surface area contributed by atoms with E-state index in [0.29, 0.717) is 42.6 Å². The fraction of sp³-hybridized carbons (Fsp3) is 0.500. The van der Waals surface area contributed by atoms with Crippen LogP contribution in [0.25, 0.3) is 0 Å². The number of carbonyl (C=O) groups excluding carboxylic acids is 1. The largest absolute Gasteiger partial charge is 0.492 e. The number of amides is 1. The summed E-state index contributed by atoms with van der Waals surface area (Å²) in [6, 6.07) is 4.86. The van der Waals surface area contributed by atoms with Crippen molar-refractivity contribution in [3.8, 4) is 5.75 Å². The first-order valence-electron chi connectivity index (χ1n) is 10.6. The van der Waals surface area contributed by atoms with Crippen molar-refractivity contribution in [1.82, 2.24) is 4.31 Å². The summed E-state index contributed by atoms with van der Waals surface area (Å²) in [7, 11) is -3.67. The zero-order chi connectivity index (χ0) is 21.3. The summed E-state index contributed by atoms with van der Waals surface area (Å²) >= 11 is 1.64. The van der Waals surface area contributed by atoms with Gasteiger partial charge in [0.2, 0.25) is 10.0 Å². The summed E-state index contributed by atoms with van der Waals surface area (Å²) in [6.45, 7) is 5.47. The van der Waals surface area contributed by atoms with Gasteiger partial charge in [0.1, 0.15) is 10.6 Å². The van der Waals surface area contributed by atoms with Crippen LogP contribution in [0.4, 0.5) is 5.69 Å². The van der Waals surface area contributed by atoms with Gasteiger partial charge in [0.05, 0.1) is 12.2 Å². The Morgan fingerprint density at radius 3 is 2.80 bits per heavy atom. The van der Waals surface area contributed by atoms with E-state index < -0.39 is 10.0 Å².